The Morgan fingerprint density at radius 1 is 0.600 bits per heavy atom. The normalized spacial score (nSPS) is 12.6. The molecule has 1 atom stereocenters. The van der Waals surface area contributed by atoms with Crippen LogP contribution in [-0.2, 0) is 7.05 Å². The Labute approximate surface area is 211 Å². The van der Waals surface area contributed by atoms with Crippen molar-refractivity contribution in [3.8, 4) is 0 Å². The number of para-hydroxylation sites is 1. The van der Waals surface area contributed by atoms with Gasteiger partial charge in [-0.3, -0.25) is 0 Å². The zero-order valence-electron chi connectivity index (χ0n) is 19.7. The summed E-state index contributed by atoms with van der Waals surface area (Å²) in [5, 5.41) is 7.78. The summed E-state index contributed by atoms with van der Waals surface area (Å²) in [4.78, 5) is 1.41. The summed E-state index contributed by atoms with van der Waals surface area (Å²) in [6.07, 6.45) is 2.37. The smallest absolute Gasteiger partial charge is 0.145 e. The Kier molecular flexibility index (Phi) is 5.86. The maximum absolute atomic E-state index is 2.37. The molecule has 1 nitrogen and oxygen atoms in total. The fraction of sp³-hybridized carbons (Fsp3) is 0.0625. The lowest BCUT2D eigenvalue weighted by molar-refractivity contribution is 0.956. The molecule has 1 unspecified atom stereocenters. The van der Waals surface area contributed by atoms with Gasteiger partial charge < -0.3 is 4.57 Å². The molecule has 2 heterocycles. The molecule has 0 saturated heterocycles. The van der Waals surface area contributed by atoms with Crippen LogP contribution in [0.15, 0.2) is 139 Å². The minimum atomic E-state index is -2.17. The number of fused-ring (bicyclic) bond motifs is 1. The first-order chi connectivity index (χ1) is 17.3. The first-order valence-corrected chi connectivity index (χ1v) is 14.7. The van der Waals surface area contributed by atoms with Crippen molar-refractivity contribution < 1.29 is 0 Å². The highest BCUT2D eigenvalue weighted by Crippen LogP contribution is 2.70. The number of aryl methyl sites for hydroxylation is 1. The maximum atomic E-state index is 2.37. The number of nitrogens with zero attached hydrogens (tertiary/aromatic N) is 1. The number of rotatable bonds is 6. The van der Waals surface area contributed by atoms with E-state index in [0.717, 1.165) is 0 Å². The monoisotopic (exact) mass is 488 g/mol. The Balaban J connectivity index is 1.80. The van der Waals surface area contributed by atoms with Crippen molar-refractivity contribution >= 4 is 45.4 Å². The van der Waals surface area contributed by atoms with Crippen molar-refractivity contribution in [2.45, 2.75) is 5.66 Å². The van der Waals surface area contributed by atoms with Gasteiger partial charge in [0.1, 0.15) is 28.8 Å². The average Bonchev–Trinajstić information content (AvgIpc) is 3.57. The summed E-state index contributed by atoms with van der Waals surface area (Å²) < 4.78 is 2.29. The van der Waals surface area contributed by atoms with Crippen molar-refractivity contribution in [1.29, 1.82) is 0 Å². The van der Waals surface area contributed by atoms with Gasteiger partial charge in [-0.1, -0.05) is 78.9 Å². The fourth-order valence-corrected chi connectivity index (χ4v) is 11.7. The molecule has 0 aliphatic rings. The zero-order valence-corrected chi connectivity index (χ0v) is 21.4. The molecule has 6 aromatic rings. The molecule has 0 N–H and O–H groups in total. The average molecular weight is 489 g/mol. The summed E-state index contributed by atoms with van der Waals surface area (Å²) in [5.74, 6) is 0. The van der Waals surface area contributed by atoms with E-state index in [4.69, 9.17) is 0 Å². The second-order valence-electron chi connectivity index (χ2n) is 8.86. The lowest BCUT2D eigenvalue weighted by Gasteiger charge is -2.34. The predicted molar refractivity (Wildman–Crippen MR) is 154 cm³/mol. The van der Waals surface area contributed by atoms with Crippen LogP contribution in [0.2, 0.25) is 0 Å². The molecule has 3 heteroatoms. The molecule has 0 bridgehead atoms. The lowest BCUT2D eigenvalue weighted by Crippen LogP contribution is -2.35. The molecule has 4 aromatic carbocycles. The molecule has 170 valence electrons. The second-order valence-corrected chi connectivity index (χ2v) is 13.4. The van der Waals surface area contributed by atoms with Gasteiger partial charge in [0.15, 0.2) is 0 Å². The highest BCUT2D eigenvalue weighted by atomic mass is 32.1. The third kappa shape index (κ3) is 3.65. The summed E-state index contributed by atoms with van der Waals surface area (Å²) in [6, 6.07) is 47.0. The lowest BCUT2D eigenvalue weighted by atomic mass is 10.1. The quantitative estimate of drug-likeness (QED) is 0.216. The summed E-state index contributed by atoms with van der Waals surface area (Å²) >= 11 is 1.87. The van der Waals surface area contributed by atoms with E-state index >= 15 is 0 Å². The van der Waals surface area contributed by atoms with Crippen LogP contribution in [0.1, 0.15) is 16.1 Å². The summed E-state index contributed by atoms with van der Waals surface area (Å²) in [6.45, 7) is 0. The Morgan fingerprint density at radius 2 is 1.11 bits per heavy atom. The van der Waals surface area contributed by atoms with E-state index in [-0.39, 0.29) is 5.66 Å². The van der Waals surface area contributed by atoms with Crippen LogP contribution in [0.5, 0.6) is 0 Å². The van der Waals surface area contributed by atoms with Gasteiger partial charge in [-0.15, -0.1) is 11.3 Å². The predicted octanol–water partition coefficient (Wildman–Crippen LogP) is 7.32. The third-order valence-corrected chi connectivity index (χ3v) is 12.7. The van der Waals surface area contributed by atoms with Gasteiger partial charge in [0.05, 0.1) is 4.88 Å². The Hall–Kier alpha value is -3.45. The van der Waals surface area contributed by atoms with E-state index in [1.54, 1.807) is 0 Å². The minimum Gasteiger partial charge on any atom is -0.350 e. The second kappa shape index (κ2) is 9.30. The molecule has 0 amide bonds. The van der Waals surface area contributed by atoms with Crippen LogP contribution < -0.4 is 15.9 Å². The van der Waals surface area contributed by atoms with Crippen molar-refractivity contribution in [3.05, 3.63) is 149 Å². The summed E-state index contributed by atoms with van der Waals surface area (Å²) in [7, 11) is 0.00366. The Morgan fingerprint density at radius 3 is 1.63 bits per heavy atom. The van der Waals surface area contributed by atoms with Crippen molar-refractivity contribution in [1.82, 2.24) is 4.57 Å². The van der Waals surface area contributed by atoms with Crippen LogP contribution in [0.25, 0.3) is 10.9 Å². The summed E-state index contributed by atoms with van der Waals surface area (Å²) in [5.41, 5.74) is 2.87. The van der Waals surface area contributed by atoms with E-state index in [1.165, 1.54) is 37.3 Å². The van der Waals surface area contributed by atoms with Gasteiger partial charge in [0.2, 0.25) is 0 Å². The molecule has 0 radical (unpaired) electrons. The van der Waals surface area contributed by atoms with Crippen LogP contribution >= 0.6 is 18.6 Å². The first kappa shape index (κ1) is 22.0. The van der Waals surface area contributed by atoms with Gasteiger partial charge in [-0.05, 0) is 53.9 Å². The number of thiophene rings is 1. The molecule has 0 aliphatic heterocycles. The SMILES string of the molecule is Cn1cc(C(c2cccs2)[P+](c2ccccc2)(c2ccccc2)c2ccccc2)c2ccccc21. The fourth-order valence-electron chi connectivity index (χ4n) is 5.47. The molecule has 0 aliphatic carbocycles. The molecule has 0 spiro atoms. The minimum absolute atomic E-state index is 0.195. The third-order valence-electron chi connectivity index (χ3n) is 6.91. The van der Waals surface area contributed by atoms with E-state index < -0.39 is 7.26 Å². The van der Waals surface area contributed by atoms with Gasteiger partial charge >= 0.3 is 0 Å². The first-order valence-electron chi connectivity index (χ1n) is 11.9. The standard InChI is InChI=1S/C32H27NPS/c1-33-24-29(28-20-11-12-21-30(28)33)32(31-22-13-23-35-31)34(25-14-5-2-6-15-25,26-16-7-3-8-17-26)27-18-9-4-10-19-27/h2-24,32H,1H3/q+1. The Bertz CT molecular complexity index is 1440. The molecule has 0 saturated carbocycles. The van der Waals surface area contributed by atoms with E-state index in [9.17, 15) is 0 Å². The molecule has 35 heavy (non-hydrogen) atoms. The van der Waals surface area contributed by atoms with Crippen LogP contribution in [0, 0.1) is 0 Å². The topological polar surface area (TPSA) is 4.93 Å². The van der Waals surface area contributed by atoms with E-state index in [1.807, 2.05) is 11.3 Å². The van der Waals surface area contributed by atoms with Crippen LogP contribution in [0.3, 0.4) is 0 Å². The molecule has 2 aromatic heterocycles. The van der Waals surface area contributed by atoms with E-state index in [0.29, 0.717) is 0 Å². The van der Waals surface area contributed by atoms with Gasteiger partial charge in [0.25, 0.3) is 0 Å². The number of aromatic nitrogens is 1. The van der Waals surface area contributed by atoms with Crippen molar-refractivity contribution in [3.63, 3.8) is 0 Å². The maximum Gasteiger partial charge on any atom is 0.145 e. The van der Waals surface area contributed by atoms with Crippen molar-refractivity contribution in [2.75, 3.05) is 0 Å². The van der Waals surface area contributed by atoms with Gasteiger partial charge in [-0.25, -0.2) is 0 Å². The zero-order chi connectivity index (χ0) is 23.7. The van der Waals surface area contributed by atoms with Crippen LogP contribution in [0.4, 0.5) is 0 Å². The molecule has 6 rings (SSSR count). The molecular weight excluding hydrogens is 461 g/mol. The highest BCUT2D eigenvalue weighted by Gasteiger charge is 2.54. The number of benzene rings is 4. The number of hydrogen-bond donors (Lipinski definition) is 0. The van der Waals surface area contributed by atoms with Gasteiger partial charge in [0, 0.05) is 29.7 Å². The highest BCUT2D eigenvalue weighted by molar-refractivity contribution is 7.96. The van der Waals surface area contributed by atoms with E-state index in [2.05, 4.69) is 151 Å². The van der Waals surface area contributed by atoms with Crippen LogP contribution in [-0.4, -0.2) is 4.57 Å². The van der Waals surface area contributed by atoms with Crippen molar-refractivity contribution in [2.24, 2.45) is 7.05 Å². The number of hydrogen-bond acceptors (Lipinski definition) is 1. The molecular formula is C32H27NPS+. The molecule has 0 fully saturated rings. The van der Waals surface area contributed by atoms with Gasteiger partial charge in [-0.2, -0.15) is 0 Å². The largest absolute Gasteiger partial charge is 0.350 e.